The Bertz CT molecular complexity index is 1810. The van der Waals surface area contributed by atoms with Gasteiger partial charge in [0.1, 0.15) is 13.2 Å². The molecule has 9 heteroatoms. The largest absolute Gasteiger partial charge is 0.477 e. The lowest BCUT2D eigenvalue weighted by Gasteiger charge is -2.25. The summed E-state index contributed by atoms with van der Waals surface area (Å²) in [4.78, 5) is 37.7. The monoisotopic (exact) mass is 1300 g/mol. The van der Waals surface area contributed by atoms with Crippen LogP contribution in [0.5, 0.6) is 0 Å². The van der Waals surface area contributed by atoms with Gasteiger partial charge in [-0.3, -0.25) is 9.59 Å². The fraction of sp³-hybridized carbons (Fsp3) is 0.798. The smallest absolute Gasteiger partial charge is 0.361 e. The number of aliphatic carboxylic acids is 1. The highest BCUT2D eigenvalue weighted by Gasteiger charge is 2.25. The van der Waals surface area contributed by atoms with Gasteiger partial charge >= 0.3 is 17.9 Å². The number of esters is 2. The number of ether oxygens (including phenoxy) is 4. The first-order chi connectivity index (χ1) is 45.6. The third kappa shape index (κ3) is 75.7. The number of rotatable bonds is 74. The molecule has 0 spiro atoms. The standard InChI is InChI=1S/C84H151NO8/c1-6-8-10-12-14-16-18-20-22-24-26-28-30-32-34-35-36-37-38-39-40-41-42-43-44-45-46-47-49-50-52-54-56-58-60-62-64-66-68-70-72-74-81(86)91-78-80(79-92-84(83(88)89)90-77-76-85(3,4)5)93-82(87)75-73-71-69-67-65-63-61-59-57-55-53-51-48-33-31-29-27-25-23-21-19-17-15-13-11-9-7-2/h9,11,15,17,21,23-24,26-27,29,33,48,53,55,80,84H,6-8,10,12-14,16,18-20,22,25,28,30-32,34-47,49-52,54,56-79H2,1-5H3/p+1/b11-9-,17-15-,23-21-,26-24-,29-27-,48-33-,55-53-. The number of carboxylic acid groups (broad SMARTS) is 1. The topological polar surface area (TPSA) is 108 Å². The zero-order chi connectivity index (χ0) is 67.5. The summed E-state index contributed by atoms with van der Waals surface area (Å²) in [5, 5.41) is 9.76. The molecule has 2 unspecified atom stereocenters. The zero-order valence-electron chi connectivity index (χ0n) is 61.9. The second-order valence-electron chi connectivity index (χ2n) is 28.0. The van der Waals surface area contributed by atoms with Crippen LogP contribution < -0.4 is 0 Å². The maximum absolute atomic E-state index is 13.0. The van der Waals surface area contributed by atoms with E-state index in [4.69, 9.17) is 18.9 Å². The maximum atomic E-state index is 13.0. The molecule has 0 rings (SSSR count). The summed E-state index contributed by atoms with van der Waals surface area (Å²) in [6.07, 6.45) is 98.9. The molecule has 0 fully saturated rings. The van der Waals surface area contributed by atoms with E-state index in [0.29, 0.717) is 23.9 Å². The lowest BCUT2D eigenvalue weighted by Crippen LogP contribution is -2.40. The fourth-order valence-electron chi connectivity index (χ4n) is 11.6. The predicted octanol–water partition coefficient (Wildman–Crippen LogP) is 25.4. The molecule has 0 aromatic rings. The molecule has 93 heavy (non-hydrogen) atoms. The molecular weight excluding hydrogens is 1150 g/mol. The van der Waals surface area contributed by atoms with E-state index in [0.717, 1.165) is 83.5 Å². The summed E-state index contributed by atoms with van der Waals surface area (Å²) in [6, 6.07) is 0. The molecule has 0 aromatic heterocycles. The average molecular weight is 1300 g/mol. The van der Waals surface area contributed by atoms with E-state index in [1.165, 1.54) is 257 Å². The Morgan fingerprint density at radius 3 is 0.925 bits per heavy atom. The number of carbonyl (C=O) groups is 3. The van der Waals surface area contributed by atoms with Gasteiger partial charge in [0.05, 0.1) is 34.4 Å². The summed E-state index contributed by atoms with van der Waals surface area (Å²) in [5.74, 6) is -2.00. The van der Waals surface area contributed by atoms with E-state index in [9.17, 15) is 19.5 Å². The van der Waals surface area contributed by atoms with E-state index in [1.807, 2.05) is 21.1 Å². The number of nitrogens with zero attached hydrogens (tertiary/aromatic N) is 1. The highest BCUT2D eigenvalue weighted by molar-refractivity contribution is 5.71. The van der Waals surface area contributed by atoms with E-state index < -0.39 is 24.3 Å². The van der Waals surface area contributed by atoms with Crippen molar-refractivity contribution >= 4 is 17.9 Å². The van der Waals surface area contributed by atoms with Crippen molar-refractivity contribution in [3.05, 3.63) is 85.1 Å². The van der Waals surface area contributed by atoms with E-state index >= 15 is 0 Å². The van der Waals surface area contributed by atoms with Crippen LogP contribution >= 0.6 is 0 Å². The second kappa shape index (κ2) is 74.3. The molecule has 0 aliphatic rings. The Morgan fingerprint density at radius 1 is 0.333 bits per heavy atom. The van der Waals surface area contributed by atoms with Crippen LogP contribution in [0.2, 0.25) is 0 Å². The Kier molecular flexibility index (Phi) is 71.4. The van der Waals surface area contributed by atoms with Gasteiger partial charge in [0.15, 0.2) is 6.10 Å². The summed E-state index contributed by atoms with van der Waals surface area (Å²) >= 11 is 0. The molecule has 2 atom stereocenters. The third-order valence-corrected chi connectivity index (χ3v) is 17.6. The third-order valence-electron chi connectivity index (χ3n) is 17.6. The minimum absolute atomic E-state index is 0.184. The van der Waals surface area contributed by atoms with E-state index in [-0.39, 0.29) is 32.2 Å². The van der Waals surface area contributed by atoms with Gasteiger partial charge in [-0.15, -0.1) is 0 Å². The molecule has 0 aromatic carbocycles. The Labute approximate surface area is 576 Å². The minimum atomic E-state index is -1.52. The molecule has 0 amide bonds. The van der Waals surface area contributed by atoms with E-state index in [2.05, 4.69) is 98.9 Å². The van der Waals surface area contributed by atoms with Crippen LogP contribution in [-0.2, 0) is 33.3 Å². The summed E-state index contributed by atoms with van der Waals surface area (Å²) in [6.45, 7) is 4.80. The number of allylic oxidation sites excluding steroid dienone is 14. The molecule has 0 aliphatic heterocycles. The number of hydrogen-bond donors (Lipinski definition) is 1. The molecule has 1 N–H and O–H groups in total. The Morgan fingerprint density at radius 2 is 0.613 bits per heavy atom. The SMILES string of the molecule is CC/C=C\C/C=C\C/C=C\C/C=C\C/C=C\C/C=C\CCCCCCCCCCC(=O)OC(COC(=O)CCCCCCCCCCCCCCCCCCCCCCCCCCCCCCC/C=C\CCCCCCCCCC)COC(OCC[N+](C)(C)C)C(=O)O. The van der Waals surface area contributed by atoms with Gasteiger partial charge in [-0.05, 0) is 89.9 Å². The first-order valence-electron chi connectivity index (χ1n) is 39.8. The molecule has 540 valence electrons. The van der Waals surface area contributed by atoms with Crippen molar-refractivity contribution in [2.45, 2.75) is 386 Å². The van der Waals surface area contributed by atoms with Crippen molar-refractivity contribution in [3.63, 3.8) is 0 Å². The summed E-state index contributed by atoms with van der Waals surface area (Å²) in [7, 11) is 5.98. The maximum Gasteiger partial charge on any atom is 0.361 e. The van der Waals surface area contributed by atoms with Crippen LogP contribution in [-0.4, -0.2) is 87.4 Å². The van der Waals surface area contributed by atoms with Crippen LogP contribution in [0, 0.1) is 0 Å². The molecule has 0 radical (unpaired) electrons. The van der Waals surface area contributed by atoms with Gasteiger partial charge in [0.25, 0.3) is 6.29 Å². The van der Waals surface area contributed by atoms with Crippen LogP contribution in [0.1, 0.15) is 373 Å². The normalized spacial score (nSPS) is 13.1. The van der Waals surface area contributed by atoms with Crippen molar-refractivity contribution in [2.75, 3.05) is 47.5 Å². The van der Waals surface area contributed by atoms with Gasteiger partial charge in [-0.25, -0.2) is 4.79 Å². The lowest BCUT2D eigenvalue weighted by atomic mass is 10.0. The number of carboxylic acids is 1. The highest BCUT2D eigenvalue weighted by Crippen LogP contribution is 2.19. The minimum Gasteiger partial charge on any atom is -0.477 e. The predicted molar refractivity (Wildman–Crippen MR) is 401 cm³/mol. The average Bonchev–Trinajstić information content (AvgIpc) is 3.38. The molecule has 0 heterocycles. The molecular formula is C84H152NO8+. The number of likely N-dealkylation sites (N-methyl/N-ethyl adjacent to an activating group) is 1. The molecule has 0 aliphatic carbocycles. The molecule has 9 nitrogen and oxygen atoms in total. The number of unbranched alkanes of at least 4 members (excludes halogenated alkanes) is 45. The van der Waals surface area contributed by atoms with Gasteiger partial charge in [0, 0.05) is 12.8 Å². The van der Waals surface area contributed by atoms with Gasteiger partial charge in [-0.1, -0.05) is 356 Å². The van der Waals surface area contributed by atoms with Crippen molar-refractivity contribution in [3.8, 4) is 0 Å². The van der Waals surface area contributed by atoms with Crippen molar-refractivity contribution in [1.82, 2.24) is 0 Å². The zero-order valence-corrected chi connectivity index (χ0v) is 61.9. The van der Waals surface area contributed by atoms with Crippen molar-refractivity contribution in [2.24, 2.45) is 0 Å². The first kappa shape index (κ1) is 89.5. The van der Waals surface area contributed by atoms with E-state index in [1.54, 1.807) is 0 Å². The van der Waals surface area contributed by atoms with Crippen LogP contribution in [0.4, 0.5) is 0 Å². The second-order valence-corrected chi connectivity index (χ2v) is 28.0. The van der Waals surface area contributed by atoms with Crippen LogP contribution in [0.15, 0.2) is 85.1 Å². The molecule has 0 saturated heterocycles. The van der Waals surface area contributed by atoms with Crippen molar-refractivity contribution < 1.29 is 42.9 Å². The summed E-state index contributed by atoms with van der Waals surface area (Å²) in [5.41, 5.74) is 0. The number of hydrogen-bond acceptors (Lipinski definition) is 7. The first-order valence-corrected chi connectivity index (χ1v) is 39.8. The van der Waals surface area contributed by atoms with Crippen LogP contribution in [0.25, 0.3) is 0 Å². The Balaban J connectivity index is 3.97. The lowest BCUT2D eigenvalue weighted by molar-refractivity contribution is -0.870. The fourth-order valence-corrected chi connectivity index (χ4v) is 11.6. The number of quaternary nitrogens is 1. The molecule has 0 bridgehead atoms. The highest BCUT2D eigenvalue weighted by atomic mass is 16.7. The van der Waals surface area contributed by atoms with Gasteiger partial charge in [0.2, 0.25) is 0 Å². The number of carbonyl (C=O) groups excluding carboxylic acids is 2. The van der Waals surface area contributed by atoms with Gasteiger partial charge < -0.3 is 28.5 Å². The van der Waals surface area contributed by atoms with Gasteiger partial charge in [-0.2, -0.15) is 0 Å². The Hall–Kier alpha value is -3.53. The molecule has 0 saturated carbocycles. The summed E-state index contributed by atoms with van der Waals surface area (Å²) < 4.78 is 23.0. The van der Waals surface area contributed by atoms with Crippen LogP contribution in [0.3, 0.4) is 0 Å². The quantitative estimate of drug-likeness (QED) is 0.0211. The van der Waals surface area contributed by atoms with Crippen molar-refractivity contribution in [1.29, 1.82) is 0 Å².